The summed E-state index contributed by atoms with van der Waals surface area (Å²) in [6.07, 6.45) is 2.67. The van der Waals surface area contributed by atoms with Crippen LogP contribution in [0.5, 0.6) is 0 Å². The second-order valence-electron chi connectivity index (χ2n) is 6.05. The van der Waals surface area contributed by atoms with E-state index in [1.807, 2.05) is 12.1 Å². The van der Waals surface area contributed by atoms with Crippen molar-refractivity contribution in [1.82, 2.24) is 25.8 Å². The number of nitrogens with one attached hydrogen (secondary N) is 3. The number of thiophene rings is 1. The molecule has 0 aromatic carbocycles. The van der Waals surface area contributed by atoms with Crippen LogP contribution in [0, 0.1) is 5.92 Å². The molecule has 3 N–H and O–H groups in total. The second kappa shape index (κ2) is 11.1. The first-order valence-corrected chi connectivity index (χ1v) is 9.62. The monoisotopic (exact) mass is 500 g/mol. The molecule has 146 valence electrons. The Labute approximate surface area is 180 Å². The van der Waals surface area contributed by atoms with Gasteiger partial charge >= 0.3 is 0 Å². The molecular formula is C18H25IN6OS. The van der Waals surface area contributed by atoms with Gasteiger partial charge in [0, 0.05) is 18.0 Å². The lowest BCUT2D eigenvalue weighted by Gasteiger charge is -2.15. The lowest BCUT2D eigenvalue weighted by molar-refractivity contribution is 0.562. The SMILES string of the molecule is CCNC(=NCc1nc(-c2ccco2)n[nH]1)NCC(C)Cc1cccs1.I. The zero-order valence-electron chi connectivity index (χ0n) is 15.4. The van der Waals surface area contributed by atoms with Crippen molar-refractivity contribution in [2.75, 3.05) is 13.1 Å². The molecule has 1 atom stereocenters. The Morgan fingerprint density at radius 2 is 2.22 bits per heavy atom. The van der Waals surface area contributed by atoms with Crippen LogP contribution in [0.15, 0.2) is 45.3 Å². The number of halogens is 1. The second-order valence-corrected chi connectivity index (χ2v) is 7.08. The molecule has 0 radical (unpaired) electrons. The minimum absolute atomic E-state index is 0. The number of H-pyrrole nitrogens is 1. The van der Waals surface area contributed by atoms with Crippen LogP contribution in [0.2, 0.25) is 0 Å². The molecule has 0 spiro atoms. The molecule has 3 rings (SSSR count). The topological polar surface area (TPSA) is 91.1 Å². The fourth-order valence-electron chi connectivity index (χ4n) is 2.49. The van der Waals surface area contributed by atoms with Crippen LogP contribution in [-0.4, -0.2) is 34.2 Å². The van der Waals surface area contributed by atoms with Crippen LogP contribution in [-0.2, 0) is 13.0 Å². The molecule has 0 aliphatic carbocycles. The largest absolute Gasteiger partial charge is 0.461 e. The van der Waals surface area contributed by atoms with Gasteiger partial charge in [0.2, 0.25) is 5.82 Å². The first-order chi connectivity index (χ1) is 12.7. The Morgan fingerprint density at radius 3 is 2.93 bits per heavy atom. The summed E-state index contributed by atoms with van der Waals surface area (Å²) in [6, 6.07) is 7.92. The molecule has 0 bridgehead atoms. The maximum Gasteiger partial charge on any atom is 0.216 e. The Kier molecular flexibility index (Phi) is 8.79. The lowest BCUT2D eigenvalue weighted by atomic mass is 10.1. The smallest absolute Gasteiger partial charge is 0.216 e. The normalized spacial score (nSPS) is 12.4. The highest BCUT2D eigenvalue weighted by Crippen LogP contribution is 2.15. The van der Waals surface area contributed by atoms with Gasteiger partial charge in [0.1, 0.15) is 12.4 Å². The summed E-state index contributed by atoms with van der Waals surface area (Å²) in [5.41, 5.74) is 0. The Balaban J connectivity index is 0.00000261. The fraction of sp³-hybridized carbons (Fsp3) is 0.389. The number of aromatic amines is 1. The van der Waals surface area contributed by atoms with Crippen LogP contribution in [0.25, 0.3) is 11.6 Å². The van der Waals surface area contributed by atoms with Crippen molar-refractivity contribution in [2.24, 2.45) is 10.9 Å². The molecule has 0 aliphatic rings. The molecule has 3 heterocycles. The van der Waals surface area contributed by atoms with E-state index in [9.17, 15) is 0 Å². The third-order valence-corrected chi connectivity index (χ3v) is 4.65. The Hall–Kier alpha value is -1.88. The minimum atomic E-state index is 0. The Morgan fingerprint density at radius 1 is 1.33 bits per heavy atom. The predicted octanol–water partition coefficient (Wildman–Crippen LogP) is 3.68. The summed E-state index contributed by atoms with van der Waals surface area (Å²) in [6.45, 7) is 6.37. The molecule has 1 unspecified atom stereocenters. The molecule has 0 fully saturated rings. The van der Waals surface area contributed by atoms with Crippen molar-refractivity contribution >= 4 is 41.3 Å². The number of furan rings is 1. The standard InChI is InChI=1S/C18H24N6OS.HI/c1-3-19-18(20-11-13(2)10-14-6-5-9-26-14)21-12-16-22-17(24-23-16)15-7-4-8-25-15;/h4-9,13H,3,10-12H2,1-2H3,(H2,19,20,21)(H,22,23,24);1H. The predicted molar refractivity (Wildman–Crippen MR) is 120 cm³/mol. The van der Waals surface area contributed by atoms with Crippen molar-refractivity contribution in [3.63, 3.8) is 0 Å². The number of guanidine groups is 1. The zero-order chi connectivity index (χ0) is 18.2. The number of rotatable bonds is 8. The maximum atomic E-state index is 5.30. The number of aliphatic imine (C=N–C) groups is 1. The van der Waals surface area contributed by atoms with E-state index < -0.39 is 0 Å². The van der Waals surface area contributed by atoms with Gasteiger partial charge in [-0.15, -0.1) is 40.4 Å². The van der Waals surface area contributed by atoms with Crippen LogP contribution < -0.4 is 10.6 Å². The molecule has 0 aliphatic heterocycles. The van der Waals surface area contributed by atoms with E-state index >= 15 is 0 Å². The molecule has 0 amide bonds. The van der Waals surface area contributed by atoms with Crippen molar-refractivity contribution in [2.45, 2.75) is 26.8 Å². The van der Waals surface area contributed by atoms with Crippen LogP contribution >= 0.6 is 35.3 Å². The molecule has 27 heavy (non-hydrogen) atoms. The van der Waals surface area contributed by atoms with Gasteiger partial charge < -0.3 is 15.1 Å². The van der Waals surface area contributed by atoms with Crippen LogP contribution in [0.3, 0.4) is 0 Å². The minimum Gasteiger partial charge on any atom is -0.461 e. The number of nitrogens with zero attached hydrogens (tertiary/aromatic N) is 3. The first-order valence-electron chi connectivity index (χ1n) is 8.74. The van der Waals surface area contributed by atoms with Crippen LogP contribution in [0.1, 0.15) is 24.5 Å². The summed E-state index contributed by atoms with van der Waals surface area (Å²) in [4.78, 5) is 10.4. The van der Waals surface area contributed by atoms with Crippen molar-refractivity contribution < 1.29 is 4.42 Å². The van der Waals surface area contributed by atoms with Gasteiger partial charge in [0.25, 0.3) is 0 Å². The molecular weight excluding hydrogens is 475 g/mol. The fourth-order valence-corrected chi connectivity index (χ4v) is 3.36. The highest BCUT2D eigenvalue weighted by molar-refractivity contribution is 14.0. The molecule has 0 saturated carbocycles. The summed E-state index contributed by atoms with van der Waals surface area (Å²) in [5.74, 6) is 3.18. The van der Waals surface area contributed by atoms with Gasteiger partial charge in [-0.05, 0) is 42.8 Å². The maximum absolute atomic E-state index is 5.30. The summed E-state index contributed by atoms with van der Waals surface area (Å²) in [5, 5.41) is 15.8. The number of hydrogen-bond donors (Lipinski definition) is 3. The molecule has 0 saturated heterocycles. The quantitative estimate of drug-likeness (QED) is 0.250. The van der Waals surface area contributed by atoms with Crippen molar-refractivity contribution in [3.05, 3.63) is 46.6 Å². The van der Waals surface area contributed by atoms with Gasteiger partial charge in [-0.25, -0.2) is 9.98 Å². The molecule has 7 nitrogen and oxygen atoms in total. The lowest BCUT2D eigenvalue weighted by Crippen LogP contribution is -2.39. The average molecular weight is 500 g/mol. The first kappa shape index (κ1) is 21.4. The molecule has 9 heteroatoms. The van der Waals surface area contributed by atoms with Gasteiger partial charge in [-0.1, -0.05) is 13.0 Å². The van der Waals surface area contributed by atoms with E-state index in [1.165, 1.54) is 4.88 Å². The molecule has 3 aromatic rings. The highest BCUT2D eigenvalue weighted by Gasteiger charge is 2.09. The average Bonchev–Trinajstić information content (AvgIpc) is 3.39. The van der Waals surface area contributed by atoms with Gasteiger partial charge in [0.05, 0.1) is 6.26 Å². The summed E-state index contributed by atoms with van der Waals surface area (Å²) in [7, 11) is 0. The number of aromatic nitrogens is 3. The van der Waals surface area contributed by atoms with E-state index in [0.29, 0.717) is 29.9 Å². The van der Waals surface area contributed by atoms with E-state index in [-0.39, 0.29) is 24.0 Å². The van der Waals surface area contributed by atoms with E-state index in [2.05, 4.69) is 62.2 Å². The van der Waals surface area contributed by atoms with E-state index in [4.69, 9.17) is 4.42 Å². The summed E-state index contributed by atoms with van der Waals surface area (Å²) < 4.78 is 5.30. The van der Waals surface area contributed by atoms with Gasteiger partial charge in [-0.3, -0.25) is 5.10 Å². The van der Waals surface area contributed by atoms with Crippen molar-refractivity contribution in [3.8, 4) is 11.6 Å². The highest BCUT2D eigenvalue weighted by atomic mass is 127. The van der Waals surface area contributed by atoms with E-state index in [1.54, 1.807) is 17.6 Å². The summed E-state index contributed by atoms with van der Waals surface area (Å²) >= 11 is 1.80. The Bertz CT molecular complexity index is 800. The van der Waals surface area contributed by atoms with Crippen molar-refractivity contribution in [1.29, 1.82) is 0 Å². The zero-order valence-corrected chi connectivity index (χ0v) is 18.6. The van der Waals surface area contributed by atoms with Crippen LogP contribution in [0.4, 0.5) is 0 Å². The third kappa shape index (κ3) is 6.65. The van der Waals surface area contributed by atoms with Gasteiger partial charge in [-0.2, -0.15) is 0 Å². The van der Waals surface area contributed by atoms with Gasteiger partial charge in [0.15, 0.2) is 11.7 Å². The third-order valence-electron chi connectivity index (χ3n) is 3.75. The number of hydrogen-bond acceptors (Lipinski definition) is 5. The van der Waals surface area contributed by atoms with E-state index in [0.717, 1.165) is 25.5 Å². The molecule has 3 aromatic heterocycles.